The predicted octanol–water partition coefficient (Wildman–Crippen LogP) is 7.27. The molecule has 0 N–H and O–H groups in total. The van der Waals surface area contributed by atoms with Gasteiger partial charge < -0.3 is 18.9 Å². The summed E-state index contributed by atoms with van der Waals surface area (Å²) in [5, 5.41) is 0.725. The second kappa shape index (κ2) is 11.8. The molecule has 184 valence electrons. The van der Waals surface area contributed by atoms with Crippen LogP contribution in [0.3, 0.4) is 0 Å². The number of rotatable bonds is 10. The Morgan fingerprint density at radius 1 is 0.914 bits per heavy atom. The third kappa shape index (κ3) is 6.37. The van der Waals surface area contributed by atoms with E-state index >= 15 is 0 Å². The van der Waals surface area contributed by atoms with Gasteiger partial charge in [0, 0.05) is 10.6 Å². The fourth-order valence-corrected chi connectivity index (χ4v) is 3.86. The van der Waals surface area contributed by atoms with Crippen molar-refractivity contribution in [1.29, 1.82) is 0 Å². The molecule has 0 heterocycles. The molecule has 0 bridgehead atoms. The summed E-state index contributed by atoms with van der Waals surface area (Å²) < 4.78 is 22.3. The molecule has 0 unspecified atom stereocenters. The highest BCUT2D eigenvalue weighted by Gasteiger charge is 2.14. The van der Waals surface area contributed by atoms with Gasteiger partial charge in [-0.1, -0.05) is 37.6 Å². The largest absolute Gasteiger partial charge is 0.497 e. The molecule has 3 aromatic carbocycles. The number of hydrogen-bond donors (Lipinski definition) is 0. The van der Waals surface area contributed by atoms with Crippen LogP contribution < -0.4 is 18.9 Å². The van der Waals surface area contributed by atoms with Crippen LogP contribution in [-0.2, 0) is 6.61 Å². The van der Waals surface area contributed by atoms with E-state index in [9.17, 15) is 4.79 Å². The molecule has 0 atom stereocenters. The van der Waals surface area contributed by atoms with Gasteiger partial charge in [0.05, 0.1) is 26.9 Å². The summed E-state index contributed by atoms with van der Waals surface area (Å²) in [6, 6.07) is 14.8. The first kappa shape index (κ1) is 26.2. The summed E-state index contributed by atoms with van der Waals surface area (Å²) in [4.78, 5) is 12.9. The lowest BCUT2D eigenvalue weighted by atomic mass is 10.0. The first-order chi connectivity index (χ1) is 16.8. The molecule has 0 fully saturated rings. The summed E-state index contributed by atoms with van der Waals surface area (Å²) in [5.74, 6) is 2.66. The quantitative estimate of drug-likeness (QED) is 0.219. The van der Waals surface area contributed by atoms with E-state index in [-0.39, 0.29) is 11.7 Å². The molecule has 0 radical (unpaired) electrons. The molecule has 0 saturated heterocycles. The SMILES string of the molecule is COc1ccc(OC)c(C(=O)/C=C/c2ccc(OC)c(COc3cc(C)c(Cl)cc3C(C)C)c2)c1. The minimum Gasteiger partial charge on any atom is -0.497 e. The van der Waals surface area contributed by atoms with Gasteiger partial charge in [-0.05, 0) is 78.1 Å². The Kier molecular flexibility index (Phi) is 8.83. The van der Waals surface area contributed by atoms with Gasteiger partial charge in [0.15, 0.2) is 5.78 Å². The summed E-state index contributed by atoms with van der Waals surface area (Å²) in [7, 11) is 4.71. The van der Waals surface area contributed by atoms with E-state index in [1.54, 1.807) is 38.5 Å². The fraction of sp³-hybridized carbons (Fsp3) is 0.276. The van der Waals surface area contributed by atoms with E-state index in [2.05, 4.69) is 13.8 Å². The molecule has 0 aliphatic rings. The maximum Gasteiger partial charge on any atom is 0.189 e. The van der Waals surface area contributed by atoms with Crippen molar-refractivity contribution in [1.82, 2.24) is 0 Å². The fourth-order valence-electron chi connectivity index (χ4n) is 3.69. The van der Waals surface area contributed by atoms with Crippen molar-refractivity contribution >= 4 is 23.5 Å². The molecule has 0 spiro atoms. The molecule has 5 nitrogen and oxygen atoms in total. The molecule has 0 aliphatic carbocycles. The average Bonchev–Trinajstić information content (AvgIpc) is 2.87. The van der Waals surface area contributed by atoms with Crippen LogP contribution in [0.1, 0.15) is 52.4 Å². The third-order valence-electron chi connectivity index (χ3n) is 5.70. The summed E-state index contributed by atoms with van der Waals surface area (Å²) in [6.45, 7) is 6.48. The summed E-state index contributed by atoms with van der Waals surface area (Å²) in [6.07, 6.45) is 3.28. The predicted molar refractivity (Wildman–Crippen MR) is 141 cm³/mol. The van der Waals surface area contributed by atoms with Gasteiger partial charge in [0.25, 0.3) is 0 Å². The Bertz CT molecular complexity index is 1230. The zero-order valence-electron chi connectivity index (χ0n) is 21.0. The minimum absolute atomic E-state index is 0.187. The minimum atomic E-state index is -0.187. The smallest absolute Gasteiger partial charge is 0.189 e. The van der Waals surface area contributed by atoms with E-state index in [1.807, 2.05) is 37.3 Å². The first-order valence-electron chi connectivity index (χ1n) is 11.3. The van der Waals surface area contributed by atoms with Crippen molar-refractivity contribution in [2.24, 2.45) is 0 Å². The normalized spacial score (nSPS) is 11.1. The first-order valence-corrected chi connectivity index (χ1v) is 11.7. The topological polar surface area (TPSA) is 54.0 Å². The molecular weight excluding hydrogens is 464 g/mol. The van der Waals surface area contributed by atoms with Gasteiger partial charge in [0.1, 0.15) is 29.6 Å². The molecule has 35 heavy (non-hydrogen) atoms. The molecular formula is C29H31ClO5. The van der Waals surface area contributed by atoms with Gasteiger partial charge >= 0.3 is 0 Å². The van der Waals surface area contributed by atoms with Gasteiger partial charge in [-0.2, -0.15) is 0 Å². The molecule has 3 rings (SSSR count). The Hall–Kier alpha value is -3.44. The van der Waals surface area contributed by atoms with E-state index < -0.39 is 0 Å². The van der Waals surface area contributed by atoms with Crippen molar-refractivity contribution in [2.75, 3.05) is 21.3 Å². The third-order valence-corrected chi connectivity index (χ3v) is 6.11. The molecule has 0 amide bonds. The lowest BCUT2D eigenvalue weighted by Gasteiger charge is -2.17. The zero-order valence-corrected chi connectivity index (χ0v) is 21.7. The zero-order chi connectivity index (χ0) is 25.5. The van der Waals surface area contributed by atoms with Crippen molar-refractivity contribution in [3.8, 4) is 23.0 Å². The van der Waals surface area contributed by atoms with Gasteiger partial charge in [-0.15, -0.1) is 0 Å². The van der Waals surface area contributed by atoms with Crippen LogP contribution in [0, 0.1) is 6.92 Å². The number of ketones is 1. The molecule has 3 aromatic rings. The number of methoxy groups -OCH3 is 3. The van der Waals surface area contributed by atoms with Crippen LogP contribution in [0.2, 0.25) is 5.02 Å². The lowest BCUT2D eigenvalue weighted by molar-refractivity contribution is 0.104. The molecule has 6 heteroatoms. The van der Waals surface area contributed by atoms with Crippen molar-refractivity contribution < 1.29 is 23.7 Å². The van der Waals surface area contributed by atoms with E-state index in [4.69, 9.17) is 30.5 Å². The summed E-state index contributed by atoms with van der Waals surface area (Å²) >= 11 is 6.33. The van der Waals surface area contributed by atoms with Crippen LogP contribution in [0.5, 0.6) is 23.0 Å². The second-order valence-electron chi connectivity index (χ2n) is 8.42. The van der Waals surface area contributed by atoms with E-state index in [1.165, 1.54) is 13.2 Å². The lowest BCUT2D eigenvalue weighted by Crippen LogP contribution is -2.03. The highest BCUT2D eigenvalue weighted by atomic mass is 35.5. The van der Waals surface area contributed by atoms with Crippen LogP contribution in [-0.4, -0.2) is 27.1 Å². The standard InChI is InChI=1S/C29H31ClO5/c1-18(2)23-16-25(30)19(3)13-29(23)35-17-21-14-20(8-11-27(21)33-5)7-10-26(31)24-15-22(32-4)9-12-28(24)34-6/h7-16,18H,17H2,1-6H3/b10-7+. The number of ether oxygens (including phenoxy) is 4. The highest BCUT2D eigenvalue weighted by molar-refractivity contribution is 6.31. The number of hydrogen-bond acceptors (Lipinski definition) is 5. The average molecular weight is 495 g/mol. The van der Waals surface area contributed by atoms with Crippen LogP contribution >= 0.6 is 11.6 Å². The van der Waals surface area contributed by atoms with Crippen molar-refractivity contribution in [3.05, 3.63) is 87.4 Å². The highest BCUT2D eigenvalue weighted by Crippen LogP contribution is 2.33. The van der Waals surface area contributed by atoms with Crippen molar-refractivity contribution in [3.63, 3.8) is 0 Å². The number of aryl methyl sites for hydroxylation is 1. The number of benzene rings is 3. The number of carbonyl (C=O) groups is 1. The number of carbonyl (C=O) groups excluding carboxylic acids is 1. The Balaban J connectivity index is 1.84. The monoisotopic (exact) mass is 494 g/mol. The van der Waals surface area contributed by atoms with Crippen LogP contribution in [0.15, 0.2) is 54.6 Å². The molecule has 0 saturated carbocycles. The Morgan fingerprint density at radius 2 is 1.63 bits per heavy atom. The van der Waals surface area contributed by atoms with Gasteiger partial charge in [0.2, 0.25) is 0 Å². The molecule has 0 aromatic heterocycles. The van der Waals surface area contributed by atoms with Gasteiger partial charge in [-0.3, -0.25) is 4.79 Å². The number of allylic oxidation sites excluding steroid dienone is 1. The maximum atomic E-state index is 12.9. The second-order valence-corrected chi connectivity index (χ2v) is 8.82. The van der Waals surface area contributed by atoms with Crippen molar-refractivity contribution in [2.45, 2.75) is 33.3 Å². The Labute approximate surface area is 212 Å². The van der Waals surface area contributed by atoms with Crippen LogP contribution in [0.4, 0.5) is 0 Å². The summed E-state index contributed by atoms with van der Waals surface area (Å²) in [5.41, 5.74) is 4.15. The van der Waals surface area contributed by atoms with E-state index in [0.29, 0.717) is 29.4 Å². The van der Waals surface area contributed by atoms with Gasteiger partial charge in [-0.25, -0.2) is 0 Å². The van der Waals surface area contributed by atoms with Crippen LogP contribution in [0.25, 0.3) is 6.08 Å². The van der Waals surface area contributed by atoms with E-state index in [0.717, 1.165) is 33.0 Å². The Morgan fingerprint density at radius 3 is 2.29 bits per heavy atom. The maximum absolute atomic E-state index is 12.9. The molecule has 0 aliphatic heterocycles. The number of halogens is 1.